The molecule has 0 saturated heterocycles. The van der Waals surface area contributed by atoms with E-state index in [0.717, 1.165) is 4.90 Å². The minimum absolute atomic E-state index is 0.132. The van der Waals surface area contributed by atoms with Crippen LogP contribution in [-0.4, -0.2) is 60.2 Å². The Morgan fingerprint density at radius 3 is 2.30 bits per heavy atom. The predicted molar refractivity (Wildman–Crippen MR) is 81.1 cm³/mol. The Balaban J connectivity index is 2.09. The first-order valence-electron chi connectivity index (χ1n) is 7.32. The number of likely N-dealkylation sites (N-methyl/N-ethyl adjacent to an activating group) is 1. The maximum atomic E-state index is 12.0. The first kappa shape index (κ1) is 16.7. The van der Waals surface area contributed by atoms with Gasteiger partial charge >= 0.3 is 5.97 Å². The summed E-state index contributed by atoms with van der Waals surface area (Å²) in [6.07, 6.45) is 0. The van der Waals surface area contributed by atoms with Gasteiger partial charge in [0.1, 0.15) is 0 Å². The van der Waals surface area contributed by atoms with Crippen molar-refractivity contribution in [1.82, 2.24) is 9.80 Å². The second-order valence-corrected chi connectivity index (χ2v) is 5.07. The number of ether oxygens (including phenoxy) is 1. The molecular weight excluding hydrogens is 300 g/mol. The lowest BCUT2D eigenvalue weighted by Gasteiger charge is -2.18. The van der Waals surface area contributed by atoms with Gasteiger partial charge in [0, 0.05) is 20.1 Å². The number of esters is 1. The summed E-state index contributed by atoms with van der Waals surface area (Å²) in [5.41, 5.74) is 0.558. The number of nitrogens with zero attached hydrogens (tertiary/aromatic N) is 2. The molecule has 23 heavy (non-hydrogen) atoms. The molecule has 0 spiro atoms. The molecule has 1 aromatic rings. The molecule has 0 radical (unpaired) electrons. The summed E-state index contributed by atoms with van der Waals surface area (Å²) >= 11 is 0. The van der Waals surface area contributed by atoms with Crippen LogP contribution >= 0.6 is 0 Å². The summed E-state index contributed by atoms with van der Waals surface area (Å²) in [6, 6.07) is 4.15. The number of rotatable bonds is 5. The third-order valence-electron chi connectivity index (χ3n) is 3.77. The summed E-state index contributed by atoms with van der Waals surface area (Å²) < 4.78 is 4.98. The van der Waals surface area contributed by atoms with Crippen LogP contribution in [-0.2, 0) is 9.53 Å². The maximum absolute atomic E-state index is 12.0. The lowest BCUT2D eigenvalue weighted by Crippen LogP contribution is -2.34. The van der Waals surface area contributed by atoms with Crippen LogP contribution in [0.2, 0.25) is 0 Å². The molecule has 0 fully saturated rings. The Hall–Kier alpha value is -2.70. The van der Waals surface area contributed by atoms with Gasteiger partial charge in [-0.2, -0.15) is 0 Å². The highest BCUT2D eigenvalue weighted by atomic mass is 16.5. The van der Waals surface area contributed by atoms with Gasteiger partial charge in [-0.3, -0.25) is 19.3 Å². The molecule has 1 aliphatic rings. The van der Waals surface area contributed by atoms with Gasteiger partial charge in [0.2, 0.25) is 0 Å². The lowest BCUT2D eigenvalue weighted by molar-refractivity contribution is -0.134. The molecule has 1 aliphatic heterocycles. The van der Waals surface area contributed by atoms with Crippen molar-refractivity contribution in [2.45, 2.75) is 13.8 Å². The fourth-order valence-corrected chi connectivity index (χ4v) is 2.37. The average Bonchev–Trinajstić information content (AvgIpc) is 2.78. The maximum Gasteiger partial charge on any atom is 0.338 e. The quantitative estimate of drug-likeness (QED) is 0.596. The van der Waals surface area contributed by atoms with E-state index >= 15 is 0 Å². The van der Waals surface area contributed by atoms with Crippen LogP contribution < -0.4 is 0 Å². The lowest BCUT2D eigenvalue weighted by atomic mass is 10.1. The molecule has 0 unspecified atom stereocenters. The number of fused-ring (bicyclic) bond motifs is 1. The highest BCUT2D eigenvalue weighted by molar-refractivity contribution is 6.21. The first-order valence-corrected chi connectivity index (χ1v) is 7.32. The van der Waals surface area contributed by atoms with Crippen LogP contribution in [0.1, 0.15) is 44.9 Å². The monoisotopic (exact) mass is 318 g/mol. The second-order valence-electron chi connectivity index (χ2n) is 5.07. The van der Waals surface area contributed by atoms with Crippen LogP contribution in [0, 0.1) is 0 Å². The standard InChI is InChI=1S/C16H18N2O5/c1-4-18(5-2)13(19)9-23-16(22)10-6-7-11-12(8-10)15(21)17(3)14(11)20/h6-8H,4-5,9H2,1-3H3. The van der Waals surface area contributed by atoms with Gasteiger partial charge in [-0.15, -0.1) is 0 Å². The zero-order chi connectivity index (χ0) is 17.1. The van der Waals surface area contributed by atoms with E-state index in [9.17, 15) is 19.2 Å². The van der Waals surface area contributed by atoms with Crippen LogP contribution in [0.4, 0.5) is 0 Å². The number of imide groups is 1. The molecule has 1 heterocycles. The van der Waals surface area contributed by atoms with Crippen molar-refractivity contribution in [1.29, 1.82) is 0 Å². The number of carbonyl (C=O) groups is 4. The number of benzene rings is 1. The average molecular weight is 318 g/mol. The van der Waals surface area contributed by atoms with Gasteiger partial charge in [-0.25, -0.2) is 4.79 Å². The number of hydrogen-bond acceptors (Lipinski definition) is 5. The molecule has 0 saturated carbocycles. The van der Waals surface area contributed by atoms with Crippen LogP contribution in [0.3, 0.4) is 0 Å². The number of carbonyl (C=O) groups excluding carboxylic acids is 4. The largest absolute Gasteiger partial charge is 0.452 e. The van der Waals surface area contributed by atoms with Gasteiger partial charge in [0.25, 0.3) is 17.7 Å². The van der Waals surface area contributed by atoms with Crippen LogP contribution in [0.5, 0.6) is 0 Å². The Morgan fingerprint density at radius 2 is 1.70 bits per heavy atom. The minimum atomic E-state index is -0.705. The third-order valence-corrected chi connectivity index (χ3v) is 3.77. The highest BCUT2D eigenvalue weighted by Gasteiger charge is 2.33. The fraction of sp³-hybridized carbons (Fsp3) is 0.375. The van der Waals surface area contributed by atoms with Gasteiger partial charge in [0.15, 0.2) is 6.61 Å². The fourth-order valence-electron chi connectivity index (χ4n) is 2.37. The van der Waals surface area contributed by atoms with Gasteiger partial charge in [0.05, 0.1) is 16.7 Å². The zero-order valence-corrected chi connectivity index (χ0v) is 13.3. The first-order chi connectivity index (χ1) is 10.9. The summed E-state index contributed by atoms with van der Waals surface area (Å²) in [7, 11) is 1.38. The van der Waals surface area contributed by atoms with E-state index in [-0.39, 0.29) is 29.2 Å². The van der Waals surface area contributed by atoms with E-state index in [2.05, 4.69) is 0 Å². The Labute approximate surface area is 133 Å². The van der Waals surface area contributed by atoms with Crippen LogP contribution in [0.15, 0.2) is 18.2 Å². The molecular formula is C16H18N2O5. The molecule has 0 N–H and O–H groups in total. The topological polar surface area (TPSA) is 84.0 Å². The molecule has 0 atom stereocenters. The van der Waals surface area contributed by atoms with E-state index in [0.29, 0.717) is 13.1 Å². The van der Waals surface area contributed by atoms with E-state index in [1.807, 2.05) is 13.8 Å². The summed E-state index contributed by atoms with van der Waals surface area (Å²) in [4.78, 5) is 50.1. The van der Waals surface area contributed by atoms with Crippen molar-refractivity contribution in [2.24, 2.45) is 0 Å². The third kappa shape index (κ3) is 3.08. The summed E-state index contributed by atoms with van der Waals surface area (Å²) in [5, 5.41) is 0. The van der Waals surface area contributed by atoms with E-state index in [1.165, 1.54) is 25.2 Å². The Morgan fingerprint density at radius 1 is 1.09 bits per heavy atom. The van der Waals surface area contributed by atoms with Gasteiger partial charge in [-0.05, 0) is 32.0 Å². The Kier molecular flexibility index (Phi) is 4.78. The SMILES string of the molecule is CCN(CC)C(=O)COC(=O)c1ccc2c(c1)C(=O)N(C)C2=O. The van der Waals surface area contributed by atoms with Crippen molar-refractivity contribution in [3.8, 4) is 0 Å². The van der Waals surface area contributed by atoms with Gasteiger partial charge < -0.3 is 9.64 Å². The Bertz CT molecular complexity index is 679. The van der Waals surface area contributed by atoms with Crippen molar-refractivity contribution in [3.05, 3.63) is 34.9 Å². The normalized spacial score (nSPS) is 13.1. The molecule has 1 aromatic carbocycles. The smallest absolute Gasteiger partial charge is 0.338 e. The molecule has 3 amide bonds. The molecule has 2 rings (SSSR count). The molecule has 0 aliphatic carbocycles. The van der Waals surface area contributed by atoms with E-state index in [1.54, 1.807) is 4.90 Å². The van der Waals surface area contributed by atoms with E-state index in [4.69, 9.17) is 4.74 Å². The van der Waals surface area contributed by atoms with Crippen molar-refractivity contribution < 1.29 is 23.9 Å². The van der Waals surface area contributed by atoms with Crippen molar-refractivity contribution >= 4 is 23.7 Å². The molecule has 0 bridgehead atoms. The number of hydrogen-bond donors (Lipinski definition) is 0. The summed E-state index contributed by atoms with van der Waals surface area (Å²) in [6.45, 7) is 4.39. The predicted octanol–water partition coefficient (Wildman–Crippen LogP) is 0.938. The highest BCUT2D eigenvalue weighted by Crippen LogP contribution is 2.23. The summed E-state index contributed by atoms with van der Waals surface area (Å²) in [5.74, 6) is -1.85. The van der Waals surface area contributed by atoms with E-state index < -0.39 is 17.8 Å². The van der Waals surface area contributed by atoms with Crippen molar-refractivity contribution in [3.63, 3.8) is 0 Å². The van der Waals surface area contributed by atoms with Crippen molar-refractivity contribution in [2.75, 3.05) is 26.7 Å². The minimum Gasteiger partial charge on any atom is -0.452 e. The van der Waals surface area contributed by atoms with Crippen LogP contribution in [0.25, 0.3) is 0 Å². The zero-order valence-electron chi connectivity index (χ0n) is 13.3. The molecule has 7 nitrogen and oxygen atoms in total. The molecule has 7 heteroatoms. The molecule has 122 valence electrons. The van der Waals surface area contributed by atoms with Gasteiger partial charge in [-0.1, -0.05) is 0 Å². The number of amides is 3. The molecule has 0 aromatic heterocycles. The second kappa shape index (κ2) is 6.60.